The van der Waals surface area contributed by atoms with Gasteiger partial charge in [0.1, 0.15) is 5.56 Å². The molecule has 9 heteroatoms. The van der Waals surface area contributed by atoms with E-state index in [4.69, 9.17) is 10.8 Å². The summed E-state index contributed by atoms with van der Waals surface area (Å²) in [5, 5.41) is 19.2. The maximum atomic E-state index is 11.1. The number of benzene rings is 1. The third-order valence-electron chi connectivity index (χ3n) is 2.88. The number of sulfone groups is 1. The Morgan fingerprint density at radius 2 is 1.91 bits per heavy atom. The normalized spacial score (nSPS) is 10.6. The number of nitro benzene ring substituents is 1. The zero-order valence-corrected chi connectivity index (χ0v) is 14.0. The predicted octanol–water partition coefficient (Wildman–Crippen LogP) is 2.22. The number of carboxylic acid groups (broad SMARTS) is 1. The van der Waals surface area contributed by atoms with Gasteiger partial charge in [0.2, 0.25) is 0 Å². The second kappa shape index (κ2) is 9.90. The van der Waals surface area contributed by atoms with Crippen molar-refractivity contribution in [2.75, 3.05) is 12.8 Å². The molecule has 0 aliphatic heterocycles. The lowest BCUT2D eigenvalue weighted by molar-refractivity contribution is -0.385. The Bertz CT molecular complexity index is 639. The van der Waals surface area contributed by atoms with Crippen molar-refractivity contribution >= 4 is 21.5 Å². The standard InChI is InChI=1S/C8H7NO6S.C6H15N/c1-16(14,15)5-2-3-6(8(10)11)7(4-5)9(12)13;1-2-3-4-5-6-7/h2-4H,1H3,(H,10,11);2-7H2,1H3. The highest BCUT2D eigenvalue weighted by molar-refractivity contribution is 7.90. The molecule has 130 valence electrons. The second-order valence-corrected chi connectivity index (χ2v) is 6.88. The largest absolute Gasteiger partial charge is 0.477 e. The molecule has 1 rings (SSSR count). The molecule has 0 spiro atoms. The van der Waals surface area contributed by atoms with Crippen LogP contribution in [0, 0.1) is 10.1 Å². The maximum absolute atomic E-state index is 11.1. The quantitative estimate of drug-likeness (QED) is 0.438. The van der Waals surface area contributed by atoms with Crippen molar-refractivity contribution in [3.05, 3.63) is 33.9 Å². The zero-order valence-electron chi connectivity index (χ0n) is 13.2. The first kappa shape index (κ1) is 21.0. The van der Waals surface area contributed by atoms with E-state index in [2.05, 4.69) is 6.92 Å². The number of unbranched alkanes of at least 4 members (excludes halogenated alkanes) is 3. The van der Waals surface area contributed by atoms with Gasteiger partial charge in [0, 0.05) is 12.3 Å². The first-order valence-corrected chi connectivity index (χ1v) is 8.96. The zero-order chi connectivity index (χ0) is 18.0. The number of nitro groups is 1. The number of hydrogen-bond donors (Lipinski definition) is 2. The van der Waals surface area contributed by atoms with E-state index >= 15 is 0 Å². The van der Waals surface area contributed by atoms with Crippen LogP contribution < -0.4 is 5.73 Å². The monoisotopic (exact) mass is 346 g/mol. The summed E-state index contributed by atoms with van der Waals surface area (Å²) < 4.78 is 22.2. The van der Waals surface area contributed by atoms with Gasteiger partial charge >= 0.3 is 5.97 Å². The number of hydrogen-bond acceptors (Lipinski definition) is 6. The summed E-state index contributed by atoms with van der Waals surface area (Å²) in [5.74, 6) is -1.48. The van der Waals surface area contributed by atoms with E-state index < -0.39 is 32.0 Å². The van der Waals surface area contributed by atoms with Gasteiger partial charge in [-0.05, 0) is 25.1 Å². The molecule has 0 radical (unpaired) electrons. The van der Waals surface area contributed by atoms with Gasteiger partial charge in [0.15, 0.2) is 9.84 Å². The molecule has 0 heterocycles. The summed E-state index contributed by atoms with van der Waals surface area (Å²) in [5.41, 5.74) is 3.98. The number of carboxylic acids is 1. The summed E-state index contributed by atoms with van der Waals surface area (Å²) in [7, 11) is -3.60. The van der Waals surface area contributed by atoms with Gasteiger partial charge in [-0.3, -0.25) is 10.1 Å². The van der Waals surface area contributed by atoms with E-state index in [-0.39, 0.29) is 4.90 Å². The van der Waals surface area contributed by atoms with Crippen molar-refractivity contribution < 1.29 is 23.2 Å². The van der Waals surface area contributed by atoms with Crippen LogP contribution in [0.3, 0.4) is 0 Å². The molecule has 0 bridgehead atoms. The SMILES string of the molecule is CCCCCCN.CS(=O)(=O)c1ccc(C(=O)O)c([N+](=O)[O-])c1. The van der Waals surface area contributed by atoms with E-state index in [1.807, 2.05) is 0 Å². The molecule has 0 atom stereocenters. The van der Waals surface area contributed by atoms with Gasteiger partial charge < -0.3 is 10.8 Å². The summed E-state index contributed by atoms with van der Waals surface area (Å²) >= 11 is 0. The molecule has 0 saturated carbocycles. The molecule has 3 N–H and O–H groups in total. The highest BCUT2D eigenvalue weighted by Crippen LogP contribution is 2.22. The highest BCUT2D eigenvalue weighted by atomic mass is 32.2. The fraction of sp³-hybridized carbons (Fsp3) is 0.500. The Kier molecular flexibility index (Phi) is 9.04. The summed E-state index contributed by atoms with van der Waals surface area (Å²) in [6.45, 7) is 3.07. The minimum Gasteiger partial charge on any atom is -0.477 e. The van der Waals surface area contributed by atoms with Crippen molar-refractivity contribution in [1.82, 2.24) is 0 Å². The van der Waals surface area contributed by atoms with Crippen molar-refractivity contribution in [2.24, 2.45) is 5.73 Å². The van der Waals surface area contributed by atoms with Crippen molar-refractivity contribution in [2.45, 2.75) is 37.5 Å². The number of carbonyl (C=O) groups is 1. The van der Waals surface area contributed by atoms with Crippen LogP contribution in [0.1, 0.15) is 43.0 Å². The van der Waals surface area contributed by atoms with Gasteiger partial charge in [-0.2, -0.15) is 0 Å². The smallest absolute Gasteiger partial charge is 0.342 e. The van der Waals surface area contributed by atoms with Crippen LogP contribution in [0.25, 0.3) is 0 Å². The average molecular weight is 346 g/mol. The van der Waals surface area contributed by atoms with E-state index in [0.717, 1.165) is 31.0 Å². The number of nitrogens with two attached hydrogens (primary N) is 1. The Hall–Kier alpha value is -2.00. The minimum absolute atomic E-state index is 0.288. The molecule has 0 saturated heterocycles. The van der Waals surface area contributed by atoms with Crippen molar-refractivity contribution in [1.29, 1.82) is 0 Å². The molecule has 8 nitrogen and oxygen atoms in total. The third-order valence-corrected chi connectivity index (χ3v) is 3.99. The van der Waals surface area contributed by atoms with E-state index in [9.17, 15) is 23.3 Å². The number of rotatable bonds is 7. The molecule has 1 aromatic carbocycles. The maximum Gasteiger partial charge on any atom is 0.342 e. The van der Waals surface area contributed by atoms with Crippen LogP contribution in [0.5, 0.6) is 0 Å². The highest BCUT2D eigenvalue weighted by Gasteiger charge is 2.22. The molecular formula is C14H22N2O6S. The lowest BCUT2D eigenvalue weighted by atomic mass is 10.2. The van der Waals surface area contributed by atoms with Crippen LogP contribution in [0.4, 0.5) is 5.69 Å². The van der Waals surface area contributed by atoms with Gasteiger partial charge in [-0.25, -0.2) is 13.2 Å². The van der Waals surface area contributed by atoms with Crippen molar-refractivity contribution in [3.8, 4) is 0 Å². The van der Waals surface area contributed by atoms with E-state index in [1.165, 1.54) is 25.7 Å². The lowest BCUT2D eigenvalue weighted by Gasteiger charge is -2.01. The first-order chi connectivity index (χ1) is 10.6. The first-order valence-electron chi connectivity index (χ1n) is 7.07. The second-order valence-electron chi connectivity index (χ2n) is 4.86. The molecule has 0 aromatic heterocycles. The fourth-order valence-corrected chi connectivity index (χ4v) is 2.29. The molecule has 1 aromatic rings. The van der Waals surface area contributed by atoms with Crippen LogP contribution in [0.2, 0.25) is 0 Å². The topological polar surface area (TPSA) is 141 Å². The Labute approximate surface area is 135 Å². The van der Waals surface area contributed by atoms with Gasteiger partial charge in [0.25, 0.3) is 5.69 Å². The molecule has 0 aliphatic rings. The summed E-state index contributed by atoms with van der Waals surface area (Å²) in [6.07, 6.45) is 6.05. The van der Waals surface area contributed by atoms with E-state index in [1.54, 1.807) is 0 Å². The van der Waals surface area contributed by atoms with Crippen molar-refractivity contribution in [3.63, 3.8) is 0 Å². The molecule has 0 aliphatic carbocycles. The van der Waals surface area contributed by atoms with Crippen LogP contribution in [-0.4, -0.2) is 37.2 Å². The van der Waals surface area contributed by atoms with Crippen LogP contribution in [0.15, 0.2) is 23.1 Å². The van der Waals surface area contributed by atoms with Crippen LogP contribution in [-0.2, 0) is 9.84 Å². The minimum atomic E-state index is -3.60. The summed E-state index contributed by atoms with van der Waals surface area (Å²) in [6, 6.07) is 2.65. The fourth-order valence-electron chi connectivity index (χ4n) is 1.65. The van der Waals surface area contributed by atoms with Gasteiger partial charge in [0.05, 0.1) is 9.82 Å². The molecule has 0 unspecified atom stereocenters. The molecule has 23 heavy (non-hydrogen) atoms. The Morgan fingerprint density at radius 3 is 2.30 bits per heavy atom. The number of nitrogens with zero attached hydrogens (tertiary/aromatic N) is 1. The molecule has 0 amide bonds. The Balaban J connectivity index is 0.000000585. The third kappa shape index (κ3) is 7.71. The van der Waals surface area contributed by atoms with Gasteiger partial charge in [-0.1, -0.05) is 26.2 Å². The molecule has 0 fully saturated rings. The average Bonchev–Trinajstić information content (AvgIpc) is 2.46. The van der Waals surface area contributed by atoms with Gasteiger partial charge in [-0.15, -0.1) is 0 Å². The summed E-state index contributed by atoms with van der Waals surface area (Å²) in [4.78, 5) is 20.0. The molecular weight excluding hydrogens is 324 g/mol. The predicted molar refractivity (Wildman–Crippen MR) is 86.4 cm³/mol. The lowest BCUT2D eigenvalue weighted by Crippen LogP contribution is -2.05. The Morgan fingerprint density at radius 1 is 1.30 bits per heavy atom. The van der Waals surface area contributed by atoms with E-state index in [0.29, 0.717) is 0 Å². The number of aromatic carboxylic acids is 1. The van der Waals surface area contributed by atoms with Crippen LogP contribution >= 0.6 is 0 Å².